The van der Waals surface area contributed by atoms with Crippen molar-refractivity contribution < 1.29 is 14.5 Å². The number of benzene rings is 3. The molecule has 0 saturated carbocycles. The van der Waals surface area contributed by atoms with Gasteiger partial charge >= 0.3 is 0 Å². The lowest BCUT2D eigenvalue weighted by atomic mass is 9.68. The molecule has 1 aliphatic heterocycles. The van der Waals surface area contributed by atoms with Gasteiger partial charge in [-0.05, 0) is 29.5 Å². The van der Waals surface area contributed by atoms with Crippen molar-refractivity contribution >= 4 is 28.6 Å². The Labute approximate surface area is 208 Å². The Bertz CT molecular complexity index is 1530. The molecular formula is C30H24N2O4. The zero-order valence-corrected chi connectivity index (χ0v) is 20.0. The van der Waals surface area contributed by atoms with Crippen LogP contribution in [-0.2, 0) is 4.79 Å². The molecule has 0 spiro atoms. The van der Waals surface area contributed by atoms with Crippen LogP contribution in [-0.4, -0.2) is 16.5 Å². The van der Waals surface area contributed by atoms with Crippen LogP contribution >= 0.6 is 0 Å². The van der Waals surface area contributed by atoms with E-state index in [4.69, 9.17) is 0 Å². The Kier molecular flexibility index (Phi) is 4.83. The van der Waals surface area contributed by atoms with Crippen molar-refractivity contribution in [1.29, 1.82) is 0 Å². The summed E-state index contributed by atoms with van der Waals surface area (Å²) in [7, 11) is 0. The monoisotopic (exact) mass is 476 g/mol. The first kappa shape index (κ1) is 22.2. The second-order valence-electron chi connectivity index (χ2n) is 10.4. The summed E-state index contributed by atoms with van der Waals surface area (Å²) in [5.41, 5.74) is 5.25. The van der Waals surface area contributed by atoms with Crippen LogP contribution in [0.25, 0.3) is 5.70 Å². The Hall–Kier alpha value is -4.32. The zero-order valence-electron chi connectivity index (χ0n) is 20.0. The summed E-state index contributed by atoms with van der Waals surface area (Å²) < 4.78 is 0. The van der Waals surface area contributed by atoms with Crippen molar-refractivity contribution in [2.75, 3.05) is 4.90 Å². The van der Waals surface area contributed by atoms with Crippen LogP contribution in [0.5, 0.6) is 0 Å². The molecule has 178 valence electrons. The summed E-state index contributed by atoms with van der Waals surface area (Å²) in [4.78, 5) is 41.1. The van der Waals surface area contributed by atoms with Crippen molar-refractivity contribution in [1.82, 2.24) is 0 Å². The third kappa shape index (κ3) is 3.25. The van der Waals surface area contributed by atoms with Gasteiger partial charge < -0.3 is 4.90 Å². The predicted molar refractivity (Wildman–Crippen MR) is 137 cm³/mol. The van der Waals surface area contributed by atoms with Gasteiger partial charge in [0.1, 0.15) is 0 Å². The number of carbonyl (C=O) groups excluding carboxylic acids is 2. The molecular weight excluding hydrogens is 452 g/mol. The maximum atomic E-state index is 14.0. The fraction of sp³-hybridized carbons (Fsp3) is 0.200. The Morgan fingerprint density at radius 3 is 2.28 bits per heavy atom. The smallest absolute Gasteiger partial charge is 0.269 e. The quantitative estimate of drug-likeness (QED) is 0.321. The van der Waals surface area contributed by atoms with Gasteiger partial charge in [-0.1, -0.05) is 68.4 Å². The maximum Gasteiger partial charge on any atom is 0.269 e. The highest BCUT2D eigenvalue weighted by atomic mass is 16.6. The Morgan fingerprint density at radius 2 is 1.56 bits per heavy atom. The topological polar surface area (TPSA) is 80.5 Å². The number of fused-ring (bicyclic) bond motifs is 2. The maximum absolute atomic E-state index is 14.0. The lowest BCUT2D eigenvalue weighted by Crippen LogP contribution is -2.39. The van der Waals surface area contributed by atoms with Gasteiger partial charge in [-0.2, -0.15) is 0 Å². The van der Waals surface area contributed by atoms with Gasteiger partial charge in [-0.15, -0.1) is 0 Å². The van der Waals surface area contributed by atoms with E-state index in [9.17, 15) is 19.7 Å². The largest absolute Gasteiger partial charge is 0.313 e. The lowest BCUT2D eigenvalue weighted by Gasteiger charge is -2.44. The highest BCUT2D eigenvalue weighted by molar-refractivity contribution is 6.25. The number of hydrogen-bond acceptors (Lipinski definition) is 5. The van der Waals surface area contributed by atoms with Crippen LogP contribution in [0.4, 0.5) is 11.4 Å². The molecule has 0 saturated heterocycles. The van der Waals surface area contributed by atoms with Crippen molar-refractivity contribution in [2.24, 2.45) is 5.41 Å². The van der Waals surface area contributed by atoms with E-state index < -0.39 is 10.8 Å². The number of para-hydroxylation sites is 1. The first-order valence-corrected chi connectivity index (χ1v) is 12.0. The van der Waals surface area contributed by atoms with E-state index in [-0.39, 0.29) is 22.7 Å². The summed E-state index contributed by atoms with van der Waals surface area (Å²) in [6.07, 6.45) is 0.991. The van der Waals surface area contributed by atoms with Crippen LogP contribution in [0.2, 0.25) is 0 Å². The second kappa shape index (κ2) is 7.85. The van der Waals surface area contributed by atoms with Crippen LogP contribution in [0.1, 0.15) is 54.1 Å². The molecule has 3 aromatic carbocycles. The minimum Gasteiger partial charge on any atom is -0.313 e. The zero-order chi connectivity index (χ0) is 25.2. The molecule has 6 nitrogen and oxygen atoms in total. The number of hydrogen-bond donors (Lipinski definition) is 0. The summed E-state index contributed by atoms with van der Waals surface area (Å²) in [5, 5.41) is 11.6. The predicted octanol–water partition coefficient (Wildman–Crippen LogP) is 6.45. The molecule has 0 amide bonds. The first-order valence-electron chi connectivity index (χ1n) is 12.0. The van der Waals surface area contributed by atoms with Crippen molar-refractivity contribution in [3.05, 3.63) is 123 Å². The molecule has 1 heterocycles. The highest BCUT2D eigenvalue weighted by Crippen LogP contribution is 2.56. The van der Waals surface area contributed by atoms with Crippen molar-refractivity contribution in [3.8, 4) is 0 Å². The fourth-order valence-corrected chi connectivity index (χ4v) is 5.92. The molecule has 6 rings (SSSR count). The number of nitro benzene ring substituents is 1. The molecule has 2 aliphatic carbocycles. The third-order valence-corrected chi connectivity index (χ3v) is 7.32. The molecule has 0 fully saturated rings. The standard InChI is InChI=1S/C30H24N2O4/c1-30(2)16-23-26(24(33)17-30)25(18-9-8-12-20(15-18)32(35)36)27-28(31(23)19-10-4-3-5-11-19)21-13-6-7-14-22(21)29(27)34/h3-15,25H,16-17H2,1-2H3. The molecule has 3 aromatic rings. The summed E-state index contributed by atoms with van der Waals surface area (Å²) in [5.74, 6) is -0.824. The van der Waals surface area contributed by atoms with Gasteiger partial charge in [0.25, 0.3) is 5.69 Å². The number of nitro groups is 1. The molecule has 0 N–H and O–H groups in total. The number of non-ortho nitro benzene ring substituents is 1. The first-order chi connectivity index (χ1) is 17.3. The molecule has 36 heavy (non-hydrogen) atoms. The Balaban J connectivity index is 1.70. The van der Waals surface area contributed by atoms with Crippen LogP contribution in [0, 0.1) is 15.5 Å². The number of ketones is 2. The van der Waals surface area contributed by atoms with Gasteiger partial charge in [0.2, 0.25) is 0 Å². The number of nitrogens with zero attached hydrogens (tertiary/aromatic N) is 2. The highest BCUT2D eigenvalue weighted by Gasteiger charge is 2.49. The molecule has 3 aliphatic rings. The molecule has 1 unspecified atom stereocenters. The van der Waals surface area contributed by atoms with Gasteiger partial charge in [-0.25, -0.2) is 0 Å². The van der Waals surface area contributed by atoms with Crippen molar-refractivity contribution in [3.63, 3.8) is 0 Å². The van der Waals surface area contributed by atoms with E-state index >= 15 is 0 Å². The molecule has 1 atom stereocenters. The molecule has 0 bridgehead atoms. The average molecular weight is 477 g/mol. The van der Waals surface area contributed by atoms with E-state index in [1.807, 2.05) is 54.6 Å². The van der Waals surface area contributed by atoms with Crippen LogP contribution in [0.15, 0.2) is 95.7 Å². The van der Waals surface area contributed by atoms with Gasteiger partial charge in [0.15, 0.2) is 11.6 Å². The summed E-state index contributed by atoms with van der Waals surface area (Å²) >= 11 is 0. The SMILES string of the molecule is CC1(C)CC(=O)C2=C(C1)N(c1ccccc1)C1=C(C(=O)c3ccccc31)C2c1cccc([N+](=O)[O-])c1. The van der Waals surface area contributed by atoms with E-state index in [0.717, 1.165) is 22.6 Å². The summed E-state index contributed by atoms with van der Waals surface area (Å²) in [6.45, 7) is 4.16. The Morgan fingerprint density at radius 1 is 0.861 bits per heavy atom. The molecule has 0 radical (unpaired) electrons. The van der Waals surface area contributed by atoms with E-state index in [0.29, 0.717) is 35.1 Å². The van der Waals surface area contributed by atoms with E-state index in [2.05, 4.69) is 18.7 Å². The normalized spacial score (nSPS) is 20.3. The number of carbonyl (C=O) groups is 2. The average Bonchev–Trinajstić information content (AvgIpc) is 3.15. The minimum atomic E-state index is -0.668. The van der Waals surface area contributed by atoms with Gasteiger partial charge in [0, 0.05) is 58.1 Å². The third-order valence-electron chi connectivity index (χ3n) is 7.32. The second-order valence-corrected chi connectivity index (χ2v) is 10.4. The van der Waals surface area contributed by atoms with E-state index in [1.54, 1.807) is 12.1 Å². The van der Waals surface area contributed by atoms with Gasteiger partial charge in [-0.3, -0.25) is 19.7 Å². The van der Waals surface area contributed by atoms with E-state index in [1.165, 1.54) is 12.1 Å². The lowest BCUT2D eigenvalue weighted by molar-refractivity contribution is -0.384. The van der Waals surface area contributed by atoms with Gasteiger partial charge in [0.05, 0.1) is 10.6 Å². The molecule has 0 aromatic heterocycles. The number of rotatable bonds is 3. The number of anilines is 1. The van der Waals surface area contributed by atoms with Crippen LogP contribution in [0.3, 0.4) is 0 Å². The fourth-order valence-electron chi connectivity index (χ4n) is 5.92. The minimum absolute atomic E-state index is 0.0195. The number of allylic oxidation sites excluding steroid dienone is 3. The molecule has 6 heteroatoms. The van der Waals surface area contributed by atoms with Crippen LogP contribution < -0.4 is 4.90 Å². The van der Waals surface area contributed by atoms with Crippen molar-refractivity contribution in [2.45, 2.75) is 32.6 Å². The summed E-state index contributed by atoms with van der Waals surface area (Å²) in [6, 6.07) is 23.7. The number of Topliss-reactive ketones (excluding diaryl/α,β-unsaturated/α-hetero) is 2.